The third kappa shape index (κ3) is 4.06. The highest BCUT2D eigenvalue weighted by Crippen LogP contribution is 2.49. The fourth-order valence-electron chi connectivity index (χ4n) is 5.76. The van der Waals surface area contributed by atoms with E-state index in [1.54, 1.807) is 0 Å². The molecule has 32 heavy (non-hydrogen) atoms. The van der Waals surface area contributed by atoms with Crippen molar-refractivity contribution in [2.45, 2.75) is 45.0 Å². The molecular formula is C28H31BrN2O. The molecule has 3 nitrogen and oxygen atoms in total. The zero-order chi connectivity index (χ0) is 22.3. The van der Waals surface area contributed by atoms with Gasteiger partial charge in [-0.3, -0.25) is 0 Å². The van der Waals surface area contributed by atoms with Gasteiger partial charge >= 0.3 is 0 Å². The van der Waals surface area contributed by atoms with Crippen LogP contribution in [0.5, 0.6) is 0 Å². The van der Waals surface area contributed by atoms with Crippen molar-refractivity contribution < 1.29 is 5.11 Å². The molecule has 1 aliphatic carbocycles. The minimum atomic E-state index is -0.313. The number of anilines is 2. The van der Waals surface area contributed by atoms with Gasteiger partial charge in [-0.25, -0.2) is 0 Å². The molecule has 0 radical (unpaired) electrons. The fraction of sp³-hybridized carbons (Fsp3) is 0.357. The Hall–Kier alpha value is -2.30. The zero-order valence-electron chi connectivity index (χ0n) is 18.7. The van der Waals surface area contributed by atoms with Crippen LogP contribution in [0.3, 0.4) is 0 Å². The first-order chi connectivity index (χ1) is 15.4. The van der Waals surface area contributed by atoms with Crippen molar-refractivity contribution in [1.82, 2.24) is 0 Å². The Morgan fingerprint density at radius 3 is 2.03 bits per heavy atom. The molecule has 1 saturated carbocycles. The van der Waals surface area contributed by atoms with Crippen molar-refractivity contribution in [1.29, 1.82) is 0 Å². The highest BCUT2D eigenvalue weighted by Gasteiger charge is 2.50. The Labute approximate surface area is 199 Å². The number of rotatable bonds is 3. The van der Waals surface area contributed by atoms with Crippen molar-refractivity contribution in [3.05, 3.63) is 95.0 Å². The summed E-state index contributed by atoms with van der Waals surface area (Å²) in [6.45, 7) is 5.44. The minimum Gasteiger partial charge on any atom is -0.393 e. The number of aliphatic hydroxyl groups is 1. The average Bonchev–Trinajstić information content (AvgIpc) is 2.79. The molecule has 3 aromatic carbocycles. The number of fused-ring (bicyclic) bond motifs is 1. The third-order valence-electron chi connectivity index (χ3n) is 7.15. The monoisotopic (exact) mass is 490 g/mol. The van der Waals surface area contributed by atoms with Gasteiger partial charge in [-0.05, 0) is 60.2 Å². The van der Waals surface area contributed by atoms with E-state index in [9.17, 15) is 5.11 Å². The predicted molar refractivity (Wildman–Crippen MR) is 136 cm³/mol. The second kappa shape index (κ2) is 8.57. The number of halogens is 1. The van der Waals surface area contributed by atoms with Crippen molar-refractivity contribution in [3.8, 4) is 0 Å². The van der Waals surface area contributed by atoms with Crippen LogP contribution < -0.4 is 9.80 Å². The van der Waals surface area contributed by atoms with Gasteiger partial charge in [0.15, 0.2) is 0 Å². The van der Waals surface area contributed by atoms with Crippen LogP contribution in [0.4, 0.5) is 11.4 Å². The Balaban J connectivity index is 1.69. The van der Waals surface area contributed by atoms with Gasteiger partial charge < -0.3 is 14.9 Å². The van der Waals surface area contributed by atoms with Crippen LogP contribution in [-0.4, -0.2) is 23.8 Å². The molecule has 0 amide bonds. The molecule has 166 valence electrons. The van der Waals surface area contributed by atoms with Crippen molar-refractivity contribution in [3.63, 3.8) is 0 Å². The van der Waals surface area contributed by atoms with Crippen LogP contribution in [0, 0.1) is 11.3 Å². The fourth-order valence-corrected chi connectivity index (χ4v) is 6.02. The second-order valence-electron chi connectivity index (χ2n) is 10.0. The molecular weight excluding hydrogens is 460 g/mol. The van der Waals surface area contributed by atoms with Crippen molar-refractivity contribution in [2.75, 3.05) is 16.3 Å². The summed E-state index contributed by atoms with van der Waals surface area (Å²) in [5.74, 6) is 0.190. The average molecular weight is 491 g/mol. The van der Waals surface area contributed by atoms with Crippen molar-refractivity contribution in [2.24, 2.45) is 11.3 Å². The van der Waals surface area contributed by atoms with Gasteiger partial charge in [-0.15, -0.1) is 0 Å². The summed E-state index contributed by atoms with van der Waals surface area (Å²) in [5.41, 5.74) is 3.77. The zero-order valence-corrected chi connectivity index (χ0v) is 20.3. The van der Waals surface area contributed by atoms with Gasteiger partial charge in [-0.2, -0.15) is 0 Å². The number of benzene rings is 3. The lowest BCUT2D eigenvalue weighted by Crippen LogP contribution is -2.63. The van der Waals surface area contributed by atoms with Crippen LogP contribution in [0.2, 0.25) is 0 Å². The summed E-state index contributed by atoms with van der Waals surface area (Å²) in [7, 11) is 0. The summed E-state index contributed by atoms with van der Waals surface area (Å²) in [4.78, 5) is 5.06. The lowest BCUT2D eigenvalue weighted by atomic mass is 9.66. The van der Waals surface area contributed by atoms with Crippen LogP contribution in [0.1, 0.15) is 38.4 Å². The van der Waals surface area contributed by atoms with E-state index in [4.69, 9.17) is 0 Å². The molecule has 2 aliphatic rings. The molecule has 1 heterocycles. The largest absolute Gasteiger partial charge is 0.393 e. The van der Waals surface area contributed by atoms with E-state index in [1.165, 1.54) is 16.9 Å². The molecule has 2 fully saturated rings. The lowest BCUT2D eigenvalue weighted by molar-refractivity contribution is -0.00719. The Kier molecular flexibility index (Phi) is 5.77. The molecule has 1 saturated heterocycles. The highest BCUT2D eigenvalue weighted by atomic mass is 79.9. The molecule has 4 atom stereocenters. The molecule has 4 heteroatoms. The van der Waals surface area contributed by atoms with Crippen molar-refractivity contribution >= 4 is 27.3 Å². The van der Waals surface area contributed by atoms with E-state index in [0.29, 0.717) is 0 Å². The van der Waals surface area contributed by atoms with E-state index < -0.39 is 0 Å². The second-order valence-corrected chi connectivity index (χ2v) is 10.9. The van der Waals surface area contributed by atoms with Gasteiger partial charge in [0.25, 0.3) is 0 Å². The van der Waals surface area contributed by atoms with Gasteiger partial charge in [-0.1, -0.05) is 78.3 Å². The number of aliphatic hydroxyl groups excluding tert-OH is 1. The Bertz CT molecular complexity index is 1040. The van der Waals surface area contributed by atoms with Crippen LogP contribution in [0.25, 0.3) is 0 Å². The number of hydrogen-bond acceptors (Lipinski definition) is 3. The third-order valence-corrected chi connectivity index (χ3v) is 7.67. The summed E-state index contributed by atoms with van der Waals surface area (Å²) < 4.78 is 1.08. The predicted octanol–water partition coefficient (Wildman–Crippen LogP) is 6.64. The Morgan fingerprint density at radius 1 is 0.812 bits per heavy atom. The topological polar surface area (TPSA) is 26.7 Å². The smallest absolute Gasteiger partial charge is 0.128 e. The number of nitrogens with zero attached hydrogens (tertiary/aromatic N) is 2. The number of para-hydroxylation sites is 2. The van der Waals surface area contributed by atoms with Gasteiger partial charge in [0.2, 0.25) is 0 Å². The maximum Gasteiger partial charge on any atom is 0.128 e. The lowest BCUT2D eigenvalue weighted by Gasteiger charge is -2.59. The molecule has 3 aromatic rings. The summed E-state index contributed by atoms with van der Waals surface area (Å²) in [6, 6.07) is 30.4. The SMILES string of the molecule is CC1(C)CC(O)C2CN(c3ccccc3)C(c3ccc(Br)cc3)N(c3ccccc3)C2C1. The highest BCUT2D eigenvalue weighted by molar-refractivity contribution is 9.10. The van der Waals surface area contributed by atoms with E-state index in [1.807, 2.05) is 0 Å². The first-order valence-electron chi connectivity index (χ1n) is 11.5. The molecule has 1 aliphatic heterocycles. The van der Waals surface area contributed by atoms with E-state index in [0.717, 1.165) is 23.9 Å². The minimum absolute atomic E-state index is 0.0512. The quantitative estimate of drug-likeness (QED) is 0.445. The van der Waals surface area contributed by atoms with Crippen LogP contribution in [0.15, 0.2) is 89.4 Å². The van der Waals surface area contributed by atoms with Gasteiger partial charge in [0, 0.05) is 34.4 Å². The molecule has 1 N–H and O–H groups in total. The molecule has 5 rings (SSSR count). The van der Waals surface area contributed by atoms with Gasteiger partial charge in [0.1, 0.15) is 6.17 Å². The number of hydrogen-bond donors (Lipinski definition) is 1. The summed E-state index contributed by atoms with van der Waals surface area (Å²) in [5, 5.41) is 11.3. The molecule has 0 spiro atoms. The van der Waals surface area contributed by atoms with E-state index in [2.05, 4.69) is 125 Å². The first-order valence-corrected chi connectivity index (χ1v) is 12.3. The van der Waals surface area contributed by atoms with Gasteiger partial charge in [0.05, 0.1) is 6.10 Å². The summed E-state index contributed by atoms with van der Waals surface area (Å²) in [6.07, 6.45) is 1.66. The maximum absolute atomic E-state index is 11.3. The first kappa shape index (κ1) is 21.5. The molecule has 4 unspecified atom stereocenters. The normalized spacial score (nSPS) is 27.1. The maximum atomic E-state index is 11.3. The standard InChI is InChI=1S/C28H31BrN2O/c1-28(2)17-25-24(26(32)18-28)19-30(22-9-5-3-6-10-22)27(20-13-15-21(29)16-14-20)31(25)23-11-7-4-8-12-23/h3-16,24-27,32H,17-19H2,1-2H3. The molecule has 0 bridgehead atoms. The Morgan fingerprint density at radius 2 is 1.41 bits per heavy atom. The van der Waals surface area contributed by atoms with Crippen LogP contribution >= 0.6 is 15.9 Å². The van der Waals surface area contributed by atoms with E-state index >= 15 is 0 Å². The summed E-state index contributed by atoms with van der Waals surface area (Å²) >= 11 is 3.61. The van der Waals surface area contributed by atoms with Crippen LogP contribution in [-0.2, 0) is 0 Å². The molecule has 0 aromatic heterocycles. The van der Waals surface area contributed by atoms with E-state index in [-0.39, 0.29) is 29.6 Å².